The molecule has 30 heavy (non-hydrogen) atoms. The fourth-order valence-corrected chi connectivity index (χ4v) is 4.66. The standard InChI is InChI=1S/C22H20BrN3O3S/c1-29-21(28)19-12-15-4-2-3-5-16(15)13-26(19)20(27)14-30-22-24-10-11-25(22)18-8-6-17(23)7-9-18/h2-11,19H,12-14H2,1H3/t19-/m1/s1. The lowest BCUT2D eigenvalue weighted by molar-refractivity contribution is -0.153. The maximum Gasteiger partial charge on any atom is 0.328 e. The summed E-state index contributed by atoms with van der Waals surface area (Å²) in [6.45, 7) is 0.399. The first-order valence-electron chi connectivity index (χ1n) is 9.43. The molecule has 1 aromatic heterocycles. The normalized spacial score (nSPS) is 15.5. The Morgan fingerprint density at radius 3 is 2.63 bits per heavy atom. The Bertz CT molecular complexity index is 1070. The van der Waals surface area contributed by atoms with Crippen LogP contribution in [0.4, 0.5) is 0 Å². The van der Waals surface area contributed by atoms with Crippen molar-refractivity contribution in [2.24, 2.45) is 0 Å². The van der Waals surface area contributed by atoms with Crippen LogP contribution in [0.2, 0.25) is 0 Å². The number of amides is 1. The molecule has 8 heteroatoms. The van der Waals surface area contributed by atoms with Crippen LogP contribution >= 0.6 is 27.7 Å². The van der Waals surface area contributed by atoms with Gasteiger partial charge < -0.3 is 9.64 Å². The number of halogens is 1. The van der Waals surface area contributed by atoms with E-state index < -0.39 is 6.04 Å². The summed E-state index contributed by atoms with van der Waals surface area (Å²) in [5.41, 5.74) is 3.10. The minimum absolute atomic E-state index is 0.116. The van der Waals surface area contributed by atoms with E-state index in [1.807, 2.05) is 59.3 Å². The highest BCUT2D eigenvalue weighted by atomic mass is 79.9. The third-order valence-corrected chi connectivity index (χ3v) is 6.56. The molecule has 3 aromatic rings. The van der Waals surface area contributed by atoms with Crippen molar-refractivity contribution in [2.75, 3.05) is 12.9 Å². The maximum absolute atomic E-state index is 13.1. The van der Waals surface area contributed by atoms with Crippen molar-refractivity contribution in [3.05, 3.63) is 76.5 Å². The summed E-state index contributed by atoms with van der Waals surface area (Å²) >= 11 is 4.79. The van der Waals surface area contributed by atoms with Gasteiger partial charge in [0.05, 0.1) is 12.9 Å². The number of esters is 1. The number of nitrogens with zero attached hydrogens (tertiary/aromatic N) is 3. The van der Waals surface area contributed by atoms with E-state index in [4.69, 9.17) is 4.74 Å². The van der Waals surface area contributed by atoms with E-state index in [2.05, 4.69) is 20.9 Å². The van der Waals surface area contributed by atoms with Crippen molar-refractivity contribution >= 4 is 39.6 Å². The molecule has 6 nitrogen and oxygen atoms in total. The number of hydrogen-bond acceptors (Lipinski definition) is 5. The van der Waals surface area contributed by atoms with Crippen LogP contribution in [0.25, 0.3) is 5.69 Å². The average Bonchev–Trinajstić information content (AvgIpc) is 3.25. The molecule has 0 spiro atoms. The number of benzene rings is 2. The lowest BCUT2D eigenvalue weighted by Crippen LogP contribution is -2.49. The quantitative estimate of drug-likeness (QED) is 0.405. The molecule has 2 aromatic carbocycles. The molecule has 0 N–H and O–H groups in total. The smallest absolute Gasteiger partial charge is 0.328 e. The predicted molar refractivity (Wildman–Crippen MR) is 118 cm³/mol. The average molecular weight is 486 g/mol. The van der Waals surface area contributed by atoms with Crippen LogP contribution in [0.3, 0.4) is 0 Å². The SMILES string of the molecule is COC(=O)[C@H]1Cc2ccccc2CN1C(=O)CSc1nccn1-c1ccc(Br)cc1. The van der Waals surface area contributed by atoms with E-state index in [1.54, 1.807) is 11.1 Å². The van der Waals surface area contributed by atoms with Gasteiger partial charge in [-0.3, -0.25) is 9.36 Å². The number of methoxy groups -OCH3 is 1. The summed E-state index contributed by atoms with van der Waals surface area (Å²) in [6.07, 6.45) is 4.04. The van der Waals surface area contributed by atoms with Crippen LogP contribution in [0.15, 0.2) is 70.6 Å². The molecule has 0 aliphatic carbocycles. The fourth-order valence-electron chi connectivity index (χ4n) is 3.54. The maximum atomic E-state index is 13.1. The zero-order valence-corrected chi connectivity index (χ0v) is 18.7. The van der Waals surface area contributed by atoms with Crippen LogP contribution in [0.1, 0.15) is 11.1 Å². The van der Waals surface area contributed by atoms with Gasteiger partial charge in [-0.15, -0.1) is 0 Å². The van der Waals surface area contributed by atoms with E-state index in [-0.39, 0.29) is 17.6 Å². The highest BCUT2D eigenvalue weighted by Gasteiger charge is 2.35. The van der Waals surface area contributed by atoms with Gasteiger partial charge >= 0.3 is 5.97 Å². The second-order valence-electron chi connectivity index (χ2n) is 6.88. The van der Waals surface area contributed by atoms with Crippen molar-refractivity contribution in [1.82, 2.24) is 14.5 Å². The number of fused-ring (bicyclic) bond motifs is 1. The van der Waals surface area contributed by atoms with E-state index in [9.17, 15) is 9.59 Å². The fraction of sp³-hybridized carbons (Fsp3) is 0.227. The highest BCUT2D eigenvalue weighted by molar-refractivity contribution is 9.10. The first kappa shape index (κ1) is 20.7. The third kappa shape index (κ3) is 4.29. The molecule has 154 valence electrons. The van der Waals surface area contributed by atoms with Gasteiger partial charge in [0.2, 0.25) is 5.91 Å². The van der Waals surface area contributed by atoms with Gasteiger partial charge in [0.15, 0.2) is 5.16 Å². The van der Waals surface area contributed by atoms with Gasteiger partial charge in [0.25, 0.3) is 0 Å². The number of rotatable bonds is 5. The van der Waals surface area contributed by atoms with Crippen molar-refractivity contribution in [3.63, 3.8) is 0 Å². The number of thioether (sulfide) groups is 1. The highest BCUT2D eigenvalue weighted by Crippen LogP contribution is 2.27. The molecule has 0 unspecified atom stereocenters. The summed E-state index contributed by atoms with van der Waals surface area (Å²) < 4.78 is 7.90. The number of carbonyl (C=O) groups excluding carboxylic acids is 2. The Labute approximate surface area is 187 Å². The molecule has 0 fully saturated rings. The Morgan fingerprint density at radius 2 is 1.90 bits per heavy atom. The topological polar surface area (TPSA) is 64.4 Å². The predicted octanol–water partition coefficient (Wildman–Crippen LogP) is 3.85. The largest absolute Gasteiger partial charge is 0.467 e. The number of imidazole rings is 1. The molecule has 0 saturated carbocycles. The summed E-state index contributed by atoms with van der Waals surface area (Å²) in [6, 6.07) is 15.2. The second-order valence-corrected chi connectivity index (χ2v) is 8.74. The van der Waals surface area contributed by atoms with Gasteiger partial charge in [0, 0.05) is 35.5 Å². The van der Waals surface area contributed by atoms with Crippen molar-refractivity contribution < 1.29 is 14.3 Å². The van der Waals surface area contributed by atoms with Crippen molar-refractivity contribution in [2.45, 2.75) is 24.2 Å². The monoisotopic (exact) mass is 485 g/mol. The van der Waals surface area contributed by atoms with E-state index in [0.717, 1.165) is 26.4 Å². The molecule has 0 saturated heterocycles. The first-order chi connectivity index (χ1) is 14.6. The molecule has 0 radical (unpaired) electrons. The second kappa shape index (κ2) is 9.06. The molecule has 1 aliphatic rings. The van der Waals surface area contributed by atoms with Crippen LogP contribution in [-0.4, -0.2) is 45.2 Å². The van der Waals surface area contributed by atoms with E-state index in [0.29, 0.717) is 13.0 Å². The van der Waals surface area contributed by atoms with Crippen LogP contribution in [0.5, 0.6) is 0 Å². The summed E-state index contributed by atoms with van der Waals surface area (Å²) in [4.78, 5) is 31.4. The van der Waals surface area contributed by atoms with Gasteiger partial charge in [0.1, 0.15) is 6.04 Å². The molecular weight excluding hydrogens is 466 g/mol. The number of hydrogen-bond donors (Lipinski definition) is 0. The molecule has 1 atom stereocenters. The summed E-state index contributed by atoms with van der Waals surface area (Å²) in [5, 5.41) is 0.720. The number of carbonyl (C=O) groups is 2. The van der Waals surface area contributed by atoms with Gasteiger partial charge in [-0.25, -0.2) is 9.78 Å². The minimum atomic E-state index is -0.607. The third-order valence-electron chi connectivity index (χ3n) is 5.08. The lowest BCUT2D eigenvalue weighted by Gasteiger charge is -2.35. The van der Waals surface area contributed by atoms with Crippen LogP contribution in [0, 0.1) is 0 Å². The zero-order chi connectivity index (χ0) is 21.1. The zero-order valence-electron chi connectivity index (χ0n) is 16.3. The first-order valence-corrected chi connectivity index (χ1v) is 11.2. The van der Waals surface area contributed by atoms with Crippen molar-refractivity contribution in [3.8, 4) is 5.69 Å². The summed E-state index contributed by atoms with van der Waals surface area (Å²) in [5.74, 6) is -0.321. The van der Waals surface area contributed by atoms with E-state index >= 15 is 0 Å². The molecule has 4 rings (SSSR count). The molecular formula is C22H20BrN3O3S. The minimum Gasteiger partial charge on any atom is -0.467 e. The number of aromatic nitrogens is 2. The van der Waals surface area contributed by atoms with Gasteiger partial charge in [-0.1, -0.05) is 52.0 Å². The Balaban J connectivity index is 1.50. The number of ether oxygens (including phenoxy) is 1. The van der Waals surface area contributed by atoms with Crippen molar-refractivity contribution in [1.29, 1.82) is 0 Å². The van der Waals surface area contributed by atoms with Gasteiger partial charge in [-0.05, 0) is 35.4 Å². The van der Waals surface area contributed by atoms with Crippen LogP contribution in [-0.2, 0) is 27.3 Å². The van der Waals surface area contributed by atoms with E-state index in [1.165, 1.54) is 18.9 Å². The van der Waals surface area contributed by atoms with Crippen LogP contribution < -0.4 is 0 Å². The lowest BCUT2D eigenvalue weighted by atomic mass is 9.94. The Morgan fingerprint density at radius 1 is 1.17 bits per heavy atom. The molecule has 0 bridgehead atoms. The summed E-state index contributed by atoms with van der Waals surface area (Å²) in [7, 11) is 1.36. The van der Waals surface area contributed by atoms with Gasteiger partial charge in [-0.2, -0.15) is 0 Å². The Hall–Kier alpha value is -2.58. The molecule has 2 heterocycles. The molecule has 1 amide bonds. The molecule has 1 aliphatic heterocycles. The Kier molecular flexibility index (Phi) is 6.24.